The van der Waals surface area contributed by atoms with Crippen LogP contribution in [0.5, 0.6) is 0 Å². The predicted molar refractivity (Wildman–Crippen MR) is 36.5 cm³/mol. The van der Waals surface area contributed by atoms with Gasteiger partial charge in [0.1, 0.15) is 6.26 Å². The van der Waals surface area contributed by atoms with Crippen LogP contribution in [0.4, 0.5) is 0 Å². The monoisotopic (exact) mass is 148 g/mol. The maximum Gasteiger partial charge on any atom is 0.195 e. The van der Waals surface area contributed by atoms with E-state index in [0.717, 1.165) is 6.42 Å². The Balaban J connectivity index is 0.000000640. The summed E-state index contributed by atoms with van der Waals surface area (Å²) in [6.07, 6.45) is 3.89. The van der Waals surface area contributed by atoms with Gasteiger partial charge in [0.05, 0.1) is 6.20 Å². The molecule has 0 fully saturated rings. The molecule has 4 heteroatoms. The maximum absolute atomic E-state index is 5.22. The topological polar surface area (TPSA) is 52.0 Å². The van der Waals surface area contributed by atoms with E-state index >= 15 is 0 Å². The molecule has 1 heterocycles. The molecule has 0 aliphatic rings. The van der Waals surface area contributed by atoms with E-state index in [1.54, 1.807) is 12.5 Å². The number of hydrogen-bond donors (Lipinski definition) is 1. The highest BCUT2D eigenvalue weighted by Gasteiger charge is 1.90. The summed E-state index contributed by atoms with van der Waals surface area (Å²) < 4.78 is 4.88. The molecule has 0 saturated heterocycles. The van der Waals surface area contributed by atoms with E-state index in [1.807, 2.05) is 0 Å². The van der Waals surface area contributed by atoms with Crippen LogP contribution in [-0.4, -0.2) is 11.5 Å². The summed E-state index contributed by atoms with van der Waals surface area (Å²) in [5.74, 6) is 0.715. The summed E-state index contributed by atoms with van der Waals surface area (Å²) in [6, 6.07) is 0. The van der Waals surface area contributed by atoms with E-state index in [2.05, 4.69) is 4.98 Å². The molecule has 1 aromatic heterocycles. The van der Waals surface area contributed by atoms with Gasteiger partial charge in [-0.25, -0.2) is 4.98 Å². The first-order valence-corrected chi connectivity index (χ1v) is 2.52. The SMILES string of the molecule is Cl.NCCc1ncco1. The standard InChI is InChI=1S/C5H8N2O.ClH/c6-2-1-5-7-3-4-8-5;/h3-4H,1-2,6H2;1H. The Kier molecular flexibility index (Phi) is 4.09. The summed E-state index contributed by atoms with van der Waals surface area (Å²) in [5, 5.41) is 0. The van der Waals surface area contributed by atoms with E-state index in [1.165, 1.54) is 0 Å². The first-order valence-electron chi connectivity index (χ1n) is 2.52. The number of oxazole rings is 1. The van der Waals surface area contributed by atoms with Crippen molar-refractivity contribution in [2.24, 2.45) is 5.73 Å². The molecule has 2 N–H and O–H groups in total. The van der Waals surface area contributed by atoms with Gasteiger partial charge in [-0.3, -0.25) is 0 Å². The zero-order chi connectivity index (χ0) is 5.82. The minimum absolute atomic E-state index is 0. The maximum atomic E-state index is 5.22. The van der Waals surface area contributed by atoms with Crippen molar-refractivity contribution in [2.75, 3.05) is 6.54 Å². The highest BCUT2D eigenvalue weighted by atomic mass is 35.5. The Labute approximate surface area is 59.7 Å². The zero-order valence-electron chi connectivity index (χ0n) is 4.91. The normalized spacial score (nSPS) is 8.56. The first-order chi connectivity index (χ1) is 3.93. The molecule has 52 valence electrons. The average Bonchev–Trinajstić information content (AvgIpc) is 2.19. The average molecular weight is 149 g/mol. The third-order valence-corrected chi connectivity index (χ3v) is 0.842. The van der Waals surface area contributed by atoms with E-state index in [0.29, 0.717) is 12.4 Å². The molecule has 3 nitrogen and oxygen atoms in total. The molecule has 0 radical (unpaired) electrons. The van der Waals surface area contributed by atoms with Crippen LogP contribution in [0.1, 0.15) is 5.89 Å². The van der Waals surface area contributed by atoms with E-state index in [4.69, 9.17) is 10.2 Å². The van der Waals surface area contributed by atoms with E-state index in [9.17, 15) is 0 Å². The highest BCUT2D eigenvalue weighted by molar-refractivity contribution is 5.85. The molecule has 0 unspecified atom stereocenters. The Bertz CT molecular complexity index is 141. The Morgan fingerprint density at radius 2 is 2.44 bits per heavy atom. The molecule has 1 rings (SSSR count). The molecule has 0 aliphatic carbocycles. The molecule has 0 bridgehead atoms. The number of rotatable bonds is 2. The molecule has 0 aromatic carbocycles. The van der Waals surface area contributed by atoms with Crippen LogP contribution < -0.4 is 5.73 Å². The van der Waals surface area contributed by atoms with Crippen LogP contribution >= 0.6 is 12.4 Å². The molecular formula is C5H9ClN2O. The summed E-state index contributed by atoms with van der Waals surface area (Å²) >= 11 is 0. The molecule has 0 aliphatic heterocycles. The van der Waals surface area contributed by atoms with Gasteiger partial charge >= 0.3 is 0 Å². The fourth-order valence-electron chi connectivity index (χ4n) is 0.500. The minimum Gasteiger partial charge on any atom is -0.449 e. The lowest BCUT2D eigenvalue weighted by molar-refractivity contribution is 0.496. The van der Waals surface area contributed by atoms with Crippen LogP contribution in [0.2, 0.25) is 0 Å². The van der Waals surface area contributed by atoms with Gasteiger partial charge in [-0.05, 0) is 0 Å². The van der Waals surface area contributed by atoms with Gasteiger partial charge in [0.25, 0.3) is 0 Å². The van der Waals surface area contributed by atoms with Crippen LogP contribution in [0.25, 0.3) is 0 Å². The number of halogens is 1. The van der Waals surface area contributed by atoms with Crippen LogP contribution in [0.15, 0.2) is 16.9 Å². The molecule has 0 amide bonds. The second kappa shape index (κ2) is 4.35. The number of hydrogen-bond acceptors (Lipinski definition) is 3. The van der Waals surface area contributed by atoms with E-state index in [-0.39, 0.29) is 12.4 Å². The lowest BCUT2D eigenvalue weighted by atomic mass is 10.4. The molecule has 0 spiro atoms. The Hall–Kier alpha value is -0.540. The summed E-state index contributed by atoms with van der Waals surface area (Å²) in [5.41, 5.74) is 5.22. The van der Waals surface area contributed by atoms with Gasteiger partial charge in [-0.2, -0.15) is 0 Å². The van der Waals surface area contributed by atoms with Gasteiger partial charge in [-0.15, -0.1) is 12.4 Å². The van der Waals surface area contributed by atoms with Gasteiger partial charge in [0, 0.05) is 13.0 Å². The molecule has 0 atom stereocenters. The fourth-order valence-corrected chi connectivity index (χ4v) is 0.500. The van der Waals surface area contributed by atoms with Crippen molar-refractivity contribution in [2.45, 2.75) is 6.42 Å². The predicted octanol–water partition coefficient (Wildman–Crippen LogP) is 0.598. The first kappa shape index (κ1) is 8.46. The van der Waals surface area contributed by atoms with Gasteiger partial charge in [-0.1, -0.05) is 0 Å². The highest BCUT2D eigenvalue weighted by Crippen LogP contribution is 1.92. The van der Waals surface area contributed by atoms with Crippen molar-refractivity contribution in [1.29, 1.82) is 0 Å². The zero-order valence-corrected chi connectivity index (χ0v) is 5.73. The van der Waals surface area contributed by atoms with Crippen molar-refractivity contribution in [3.05, 3.63) is 18.4 Å². The quantitative estimate of drug-likeness (QED) is 0.668. The number of aromatic nitrogens is 1. The van der Waals surface area contributed by atoms with Gasteiger partial charge in [0.2, 0.25) is 0 Å². The molecular weight excluding hydrogens is 140 g/mol. The largest absolute Gasteiger partial charge is 0.449 e. The van der Waals surface area contributed by atoms with Gasteiger partial charge < -0.3 is 10.2 Å². The second-order valence-corrected chi connectivity index (χ2v) is 1.46. The fraction of sp³-hybridized carbons (Fsp3) is 0.400. The minimum atomic E-state index is 0. The molecule has 9 heavy (non-hydrogen) atoms. The van der Waals surface area contributed by atoms with Gasteiger partial charge in [0.15, 0.2) is 5.89 Å². The number of nitrogens with two attached hydrogens (primary N) is 1. The summed E-state index contributed by atoms with van der Waals surface area (Å²) in [6.45, 7) is 0.598. The van der Waals surface area contributed by atoms with Crippen molar-refractivity contribution in [3.63, 3.8) is 0 Å². The second-order valence-electron chi connectivity index (χ2n) is 1.46. The van der Waals surface area contributed by atoms with Crippen molar-refractivity contribution in [1.82, 2.24) is 4.98 Å². The smallest absolute Gasteiger partial charge is 0.195 e. The van der Waals surface area contributed by atoms with Crippen molar-refractivity contribution < 1.29 is 4.42 Å². The number of nitrogens with zero attached hydrogens (tertiary/aromatic N) is 1. The lowest BCUT2D eigenvalue weighted by Gasteiger charge is -1.84. The van der Waals surface area contributed by atoms with E-state index < -0.39 is 0 Å². The molecule has 0 saturated carbocycles. The third-order valence-electron chi connectivity index (χ3n) is 0.842. The third kappa shape index (κ3) is 2.49. The Morgan fingerprint density at radius 1 is 1.67 bits per heavy atom. The van der Waals surface area contributed by atoms with Crippen molar-refractivity contribution in [3.8, 4) is 0 Å². The molecule has 1 aromatic rings. The van der Waals surface area contributed by atoms with Crippen LogP contribution in [-0.2, 0) is 6.42 Å². The van der Waals surface area contributed by atoms with Crippen LogP contribution in [0, 0.1) is 0 Å². The summed E-state index contributed by atoms with van der Waals surface area (Å²) in [4.78, 5) is 3.86. The lowest BCUT2D eigenvalue weighted by Crippen LogP contribution is -2.02. The van der Waals surface area contributed by atoms with Crippen LogP contribution in [0.3, 0.4) is 0 Å². The van der Waals surface area contributed by atoms with Crippen molar-refractivity contribution >= 4 is 12.4 Å². The Morgan fingerprint density at radius 3 is 2.89 bits per heavy atom. The summed E-state index contributed by atoms with van der Waals surface area (Å²) in [7, 11) is 0.